The number of aromatic nitrogens is 1. The second-order valence-electron chi connectivity index (χ2n) is 10.7. The lowest BCUT2D eigenvalue weighted by molar-refractivity contribution is -0.122. The van der Waals surface area contributed by atoms with Gasteiger partial charge in [0, 0.05) is 44.0 Å². The molecule has 6 rings (SSSR count). The number of hydrogen-bond acceptors (Lipinski definition) is 9. The van der Waals surface area contributed by atoms with Crippen LogP contribution in [-0.2, 0) is 17.9 Å². The first-order valence-electron chi connectivity index (χ1n) is 14.4. The molecule has 3 aromatic rings. The van der Waals surface area contributed by atoms with Crippen LogP contribution in [0.2, 0.25) is 0 Å². The third-order valence-corrected chi connectivity index (χ3v) is 9.37. The van der Waals surface area contributed by atoms with Crippen LogP contribution in [0.5, 0.6) is 11.5 Å². The van der Waals surface area contributed by atoms with Gasteiger partial charge in [-0.25, -0.2) is 4.39 Å². The minimum atomic E-state index is -0.338. The first kappa shape index (κ1) is 29.7. The highest BCUT2D eigenvalue weighted by molar-refractivity contribution is 8.26. The van der Waals surface area contributed by atoms with E-state index in [1.165, 1.54) is 23.9 Å². The molecule has 4 heterocycles. The number of carbonyl (C=O) groups excluding carboxylic acids is 1. The number of fused-ring (bicyclic) bond motifs is 1. The van der Waals surface area contributed by atoms with Crippen LogP contribution in [0.15, 0.2) is 52.2 Å². The average molecular weight is 632 g/mol. The summed E-state index contributed by atoms with van der Waals surface area (Å²) in [5.74, 6) is 1.46. The minimum Gasteiger partial charge on any atom is -0.454 e. The Morgan fingerprint density at radius 2 is 1.75 bits per heavy atom. The van der Waals surface area contributed by atoms with E-state index in [1.807, 2.05) is 25.1 Å². The molecule has 44 heavy (non-hydrogen) atoms. The van der Waals surface area contributed by atoms with Gasteiger partial charge in [-0.1, -0.05) is 37.0 Å². The van der Waals surface area contributed by atoms with Gasteiger partial charge in [-0.3, -0.25) is 19.1 Å². The number of hydrogen-bond donors (Lipinski definition) is 0. The molecule has 0 unspecified atom stereocenters. The Morgan fingerprint density at radius 1 is 1.05 bits per heavy atom. The predicted octanol–water partition coefficient (Wildman–Crippen LogP) is 5.03. The number of benzene rings is 2. The second-order valence-corrected chi connectivity index (χ2v) is 12.4. The van der Waals surface area contributed by atoms with E-state index in [9.17, 15) is 19.2 Å². The molecule has 0 bridgehead atoms. The van der Waals surface area contributed by atoms with Crippen molar-refractivity contribution in [1.82, 2.24) is 9.47 Å². The quantitative estimate of drug-likeness (QED) is 0.263. The first-order valence-corrected chi connectivity index (χ1v) is 15.6. The van der Waals surface area contributed by atoms with Crippen molar-refractivity contribution in [2.45, 2.75) is 33.4 Å². The average Bonchev–Trinajstić information content (AvgIpc) is 3.60. The number of thiocarbonyl (C=S) groups is 1. The summed E-state index contributed by atoms with van der Waals surface area (Å²) >= 11 is 6.84. The summed E-state index contributed by atoms with van der Waals surface area (Å²) in [5.41, 5.74) is 2.70. The summed E-state index contributed by atoms with van der Waals surface area (Å²) in [6, 6.07) is 14.1. The van der Waals surface area contributed by atoms with Crippen molar-refractivity contribution in [3.63, 3.8) is 0 Å². The van der Waals surface area contributed by atoms with E-state index in [0.29, 0.717) is 76.8 Å². The van der Waals surface area contributed by atoms with Crippen molar-refractivity contribution in [3.8, 4) is 17.6 Å². The van der Waals surface area contributed by atoms with Crippen LogP contribution in [0, 0.1) is 24.1 Å². The zero-order chi connectivity index (χ0) is 31.0. The van der Waals surface area contributed by atoms with Crippen molar-refractivity contribution in [3.05, 3.63) is 85.8 Å². The van der Waals surface area contributed by atoms with E-state index in [4.69, 9.17) is 21.7 Å². The highest BCUT2D eigenvalue weighted by atomic mass is 32.2. The maximum absolute atomic E-state index is 13.7. The molecule has 1 aromatic heterocycles. The van der Waals surface area contributed by atoms with Crippen molar-refractivity contribution < 1.29 is 18.7 Å². The van der Waals surface area contributed by atoms with Gasteiger partial charge in [0.2, 0.25) is 6.79 Å². The van der Waals surface area contributed by atoms with Gasteiger partial charge < -0.3 is 19.3 Å². The van der Waals surface area contributed by atoms with Gasteiger partial charge in [0.05, 0.1) is 11.4 Å². The summed E-state index contributed by atoms with van der Waals surface area (Å²) < 4.78 is 26.5. The summed E-state index contributed by atoms with van der Waals surface area (Å²) in [6.45, 7) is 7.10. The second kappa shape index (κ2) is 12.3. The molecule has 2 aromatic carbocycles. The van der Waals surface area contributed by atoms with E-state index in [0.717, 1.165) is 11.3 Å². The number of amides is 1. The molecule has 2 fully saturated rings. The standard InChI is InChI=1S/C32H30FN5O4S2/c1-3-10-37-29(36-13-11-35(12-14-36)23-7-5-22(33)6-8-23)24(20(2)25(17-34)30(37)39)16-28-31(40)38(32(43)44-28)18-21-4-9-26-27(15-21)42-19-41-26/h4-9,15-16H,3,10-14,18-19H2,1-2H3. The first-order chi connectivity index (χ1) is 21.3. The lowest BCUT2D eigenvalue weighted by Crippen LogP contribution is -2.48. The van der Waals surface area contributed by atoms with Crippen LogP contribution in [0.25, 0.3) is 6.08 Å². The number of piperazine rings is 1. The molecule has 9 nitrogen and oxygen atoms in total. The van der Waals surface area contributed by atoms with Gasteiger partial charge >= 0.3 is 0 Å². The Kier molecular flexibility index (Phi) is 8.33. The molecule has 3 aliphatic heterocycles. The number of rotatable bonds is 7. The zero-order valence-corrected chi connectivity index (χ0v) is 26.0. The third kappa shape index (κ3) is 5.53. The largest absolute Gasteiger partial charge is 0.454 e. The van der Waals surface area contributed by atoms with Gasteiger partial charge in [0.25, 0.3) is 11.5 Å². The fourth-order valence-corrected chi connectivity index (χ4v) is 6.97. The third-order valence-electron chi connectivity index (χ3n) is 7.99. The summed E-state index contributed by atoms with van der Waals surface area (Å²) in [5, 5.41) is 9.97. The van der Waals surface area contributed by atoms with Gasteiger partial charge in [-0.2, -0.15) is 5.26 Å². The van der Waals surface area contributed by atoms with E-state index in [1.54, 1.807) is 34.6 Å². The number of anilines is 2. The molecule has 0 atom stereocenters. The Hall–Kier alpha value is -4.34. The highest BCUT2D eigenvalue weighted by Crippen LogP contribution is 2.38. The molecule has 0 spiro atoms. The molecule has 12 heteroatoms. The maximum atomic E-state index is 13.7. The number of carbonyl (C=O) groups is 1. The van der Waals surface area contributed by atoms with Crippen molar-refractivity contribution in [2.75, 3.05) is 42.8 Å². The molecule has 0 aliphatic carbocycles. The molecule has 0 radical (unpaired) electrons. The molecule has 0 N–H and O–H groups in total. The number of ether oxygens (including phenoxy) is 2. The van der Waals surface area contributed by atoms with Gasteiger partial charge in [0.15, 0.2) is 11.5 Å². The van der Waals surface area contributed by atoms with Crippen LogP contribution >= 0.6 is 24.0 Å². The topological polar surface area (TPSA) is 91.0 Å². The Bertz CT molecular complexity index is 1780. The van der Waals surface area contributed by atoms with Crippen molar-refractivity contribution >= 4 is 51.8 Å². The molecular formula is C32H30FN5O4S2. The fourth-order valence-electron chi connectivity index (χ4n) is 5.73. The van der Waals surface area contributed by atoms with Crippen molar-refractivity contribution in [2.24, 2.45) is 0 Å². The van der Waals surface area contributed by atoms with Crippen LogP contribution in [0.4, 0.5) is 15.9 Å². The lowest BCUT2D eigenvalue weighted by atomic mass is 10.0. The summed E-state index contributed by atoms with van der Waals surface area (Å²) in [7, 11) is 0. The van der Waals surface area contributed by atoms with Crippen molar-refractivity contribution in [1.29, 1.82) is 5.26 Å². The van der Waals surface area contributed by atoms with E-state index >= 15 is 0 Å². The molecular weight excluding hydrogens is 602 g/mol. The van der Waals surface area contributed by atoms with E-state index in [2.05, 4.69) is 15.9 Å². The normalized spacial score (nSPS) is 17.1. The monoisotopic (exact) mass is 631 g/mol. The zero-order valence-electron chi connectivity index (χ0n) is 24.3. The SMILES string of the molecule is CCCn1c(N2CCN(c3ccc(F)cc3)CC2)c(C=C2SC(=S)N(Cc3ccc4c(c3)OCO4)C2=O)c(C)c(C#N)c1=O. The maximum Gasteiger partial charge on any atom is 0.270 e. The predicted molar refractivity (Wildman–Crippen MR) is 173 cm³/mol. The van der Waals surface area contributed by atoms with Crippen LogP contribution in [0.3, 0.4) is 0 Å². The Balaban J connectivity index is 1.34. The molecule has 226 valence electrons. The number of nitrogens with zero attached hydrogens (tertiary/aromatic N) is 5. The molecule has 1 amide bonds. The van der Waals surface area contributed by atoms with E-state index < -0.39 is 0 Å². The summed E-state index contributed by atoms with van der Waals surface area (Å²) in [6.07, 6.45) is 2.47. The van der Waals surface area contributed by atoms with Gasteiger partial charge in [0.1, 0.15) is 27.6 Å². The fraction of sp³-hybridized carbons (Fsp3) is 0.312. The lowest BCUT2D eigenvalue weighted by Gasteiger charge is -2.39. The molecule has 3 aliphatic rings. The van der Waals surface area contributed by atoms with Crippen LogP contribution in [-0.4, -0.2) is 52.7 Å². The Labute approximate surface area is 264 Å². The molecule has 2 saturated heterocycles. The van der Waals surface area contributed by atoms with Gasteiger partial charge in [-0.05, 0) is 66.9 Å². The van der Waals surface area contributed by atoms with Crippen LogP contribution in [0.1, 0.15) is 35.6 Å². The molecule has 0 saturated carbocycles. The number of thioether (sulfide) groups is 1. The van der Waals surface area contributed by atoms with Gasteiger partial charge in [-0.15, -0.1) is 0 Å². The highest BCUT2D eigenvalue weighted by Gasteiger charge is 2.34. The number of pyridine rings is 1. The number of nitriles is 1. The van der Waals surface area contributed by atoms with E-state index in [-0.39, 0.29) is 36.2 Å². The summed E-state index contributed by atoms with van der Waals surface area (Å²) in [4.78, 5) is 33.6. The Morgan fingerprint density at radius 3 is 2.45 bits per heavy atom. The minimum absolute atomic E-state index is 0.0641. The number of halogens is 1. The van der Waals surface area contributed by atoms with Crippen LogP contribution < -0.4 is 24.8 Å². The smallest absolute Gasteiger partial charge is 0.270 e.